The van der Waals surface area contributed by atoms with Crippen molar-refractivity contribution in [3.05, 3.63) is 58.7 Å². The lowest BCUT2D eigenvalue weighted by molar-refractivity contribution is -0.149. The molecule has 3 N–H and O–H groups in total. The Morgan fingerprint density at radius 3 is 2.29 bits per heavy atom. The molecule has 2 atom stereocenters. The molecule has 0 aliphatic carbocycles. The molecular formula is C28H40N2O4. The number of rotatable bonds is 6. The van der Waals surface area contributed by atoms with Gasteiger partial charge < -0.3 is 25.0 Å². The summed E-state index contributed by atoms with van der Waals surface area (Å²) in [5.74, 6) is 0.778. The van der Waals surface area contributed by atoms with Crippen molar-refractivity contribution in [1.82, 2.24) is 4.90 Å². The Morgan fingerprint density at radius 2 is 1.59 bits per heavy atom. The van der Waals surface area contributed by atoms with Gasteiger partial charge in [0.2, 0.25) is 0 Å². The minimum Gasteiger partial charge on any atom is -0.490 e. The van der Waals surface area contributed by atoms with Gasteiger partial charge in [-0.2, -0.15) is 0 Å². The van der Waals surface area contributed by atoms with E-state index in [0.717, 1.165) is 35.5 Å². The summed E-state index contributed by atoms with van der Waals surface area (Å²) in [6, 6.07) is 12.5. The first-order chi connectivity index (χ1) is 16.1. The predicted octanol–water partition coefficient (Wildman–Crippen LogP) is 3.13. The average molecular weight is 469 g/mol. The van der Waals surface area contributed by atoms with Crippen molar-refractivity contribution in [3.63, 3.8) is 0 Å². The van der Waals surface area contributed by atoms with Crippen LogP contribution in [0.4, 0.5) is 5.69 Å². The van der Waals surface area contributed by atoms with E-state index in [-0.39, 0.29) is 13.2 Å². The van der Waals surface area contributed by atoms with Crippen molar-refractivity contribution in [2.45, 2.75) is 64.3 Å². The predicted molar refractivity (Wildman–Crippen MR) is 136 cm³/mol. The van der Waals surface area contributed by atoms with Crippen LogP contribution in [0, 0.1) is 27.7 Å². The van der Waals surface area contributed by atoms with Gasteiger partial charge >= 0.3 is 0 Å². The first kappa shape index (κ1) is 25.0. The lowest BCUT2D eigenvalue weighted by Gasteiger charge is -2.47. The maximum Gasteiger partial charge on any atom is 0.137 e. The van der Waals surface area contributed by atoms with E-state index in [1.54, 1.807) is 0 Å². The molecule has 0 saturated carbocycles. The van der Waals surface area contributed by atoms with Crippen LogP contribution in [0.5, 0.6) is 5.75 Å². The second kappa shape index (κ2) is 9.86. The van der Waals surface area contributed by atoms with Crippen LogP contribution in [-0.4, -0.2) is 76.9 Å². The second-order valence-electron chi connectivity index (χ2n) is 10.6. The molecule has 2 aromatic rings. The molecule has 0 aromatic heterocycles. The van der Waals surface area contributed by atoms with Crippen molar-refractivity contribution in [3.8, 4) is 5.75 Å². The standard InChI is InChI=1S/C28H40N2O4/c1-20-9-10-22(3)26(23(20)4)34-19-28(33)18-29(14-11-25(28)31)17-27(32)12-15-30(16-13-27)24-8-6-5-7-21(24)2/h5-10,25,31-33H,11-19H2,1-4H3/t25-,28-/m0/s1. The molecule has 0 radical (unpaired) electrons. The summed E-state index contributed by atoms with van der Waals surface area (Å²) in [5.41, 5.74) is 3.52. The molecule has 2 aromatic carbocycles. The summed E-state index contributed by atoms with van der Waals surface area (Å²) in [7, 11) is 0. The number of piperidine rings is 2. The van der Waals surface area contributed by atoms with Crippen LogP contribution in [0.3, 0.4) is 0 Å². The van der Waals surface area contributed by atoms with Gasteiger partial charge in [0.15, 0.2) is 0 Å². The summed E-state index contributed by atoms with van der Waals surface area (Å²) >= 11 is 0. The van der Waals surface area contributed by atoms with Crippen molar-refractivity contribution in [1.29, 1.82) is 0 Å². The zero-order chi connectivity index (χ0) is 24.5. The highest BCUT2D eigenvalue weighted by Crippen LogP contribution is 2.32. The fourth-order valence-electron chi connectivity index (χ4n) is 5.42. The molecule has 0 spiro atoms. The van der Waals surface area contributed by atoms with Gasteiger partial charge in [-0.05, 0) is 75.3 Å². The minimum absolute atomic E-state index is 0.0231. The number of hydrogen-bond acceptors (Lipinski definition) is 6. The first-order valence-corrected chi connectivity index (χ1v) is 12.5. The van der Waals surface area contributed by atoms with Crippen LogP contribution in [0.2, 0.25) is 0 Å². The van der Waals surface area contributed by atoms with E-state index in [9.17, 15) is 15.3 Å². The Labute approximate surface area is 203 Å². The van der Waals surface area contributed by atoms with Gasteiger partial charge in [-0.15, -0.1) is 0 Å². The van der Waals surface area contributed by atoms with E-state index < -0.39 is 17.3 Å². The van der Waals surface area contributed by atoms with Crippen molar-refractivity contribution in [2.24, 2.45) is 0 Å². The molecule has 2 heterocycles. The van der Waals surface area contributed by atoms with Crippen molar-refractivity contribution in [2.75, 3.05) is 44.2 Å². The van der Waals surface area contributed by atoms with E-state index in [1.165, 1.54) is 11.3 Å². The highest BCUT2D eigenvalue weighted by molar-refractivity contribution is 5.53. The van der Waals surface area contributed by atoms with Crippen LogP contribution in [0.15, 0.2) is 36.4 Å². The normalized spacial score (nSPS) is 25.4. The van der Waals surface area contributed by atoms with Crippen LogP contribution < -0.4 is 9.64 Å². The molecule has 6 nitrogen and oxygen atoms in total. The first-order valence-electron chi connectivity index (χ1n) is 12.5. The fraction of sp³-hybridized carbons (Fsp3) is 0.571. The van der Waals surface area contributed by atoms with Crippen LogP contribution in [0.25, 0.3) is 0 Å². The van der Waals surface area contributed by atoms with Gasteiger partial charge in [-0.1, -0.05) is 30.3 Å². The summed E-state index contributed by atoms with van der Waals surface area (Å²) in [4.78, 5) is 4.44. The number of para-hydroxylation sites is 1. The largest absolute Gasteiger partial charge is 0.490 e. The zero-order valence-corrected chi connectivity index (χ0v) is 21.0. The van der Waals surface area contributed by atoms with E-state index >= 15 is 0 Å². The van der Waals surface area contributed by atoms with Gasteiger partial charge in [0.05, 0.1) is 11.7 Å². The van der Waals surface area contributed by atoms with E-state index in [4.69, 9.17) is 4.74 Å². The molecule has 186 valence electrons. The third-order valence-corrected chi connectivity index (χ3v) is 7.84. The number of benzene rings is 2. The number of aliphatic hydroxyl groups excluding tert-OH is 1. The molecule has 2 saturated heterocycles. The molecule has 34 heavy (non-hydrogen) atoms. The lowest BCUT2D eigenvalue weighted by atomic mass is 9.86. The van der Waals surface area contributed by atoms with Gasteiger partial charge in [0.25, 0.3) is 0 Å². The summed E-state index contributed by atoms with van der Waals surface area (Å²) in [5, 5.41) is 33.4. The van der Waals surface area contributed by atoms with Gasteiger partial charge in [-0.25, -0.2) is 0 Å². The average Bonchev–Trinajstić information content (AvgIpc) is 2.80. The van der Waals surface area contributed by atoms with Crippen LogP contribution >= 0.6 is 0 Å². The minimum atomic E-state index is -1.38. The molecule has 2 fully saturated rings. The maximum absolute atomic E-state index is 11.4. The Kier molecular flexibility index (Phi) is 7.25. The number of nitrogens with zero attached hydrogens (tertiary/aromatic N) is 2. The van der Waals surface area contributed by atoms with Crippen LogP contribution in [0.1, 0.15) is 41.5 Å². The summed E-state index contributed by atoms with van der Waals surface area (Å²) in [6.45, 7) is 11.2. The number of anilines is 1. The highest BCUT2D eigenvalue weighted by atomic mass is 16.5. The molecular weight excluding hydrogens is 428 g/mol. The van der Waals surface area contributed by atoms with Gasteiger partial charge in [-0.3, -0.25) is 4.90 Å². The number of likely N-dealkylation sites (tertiary alicyclic amines) is 1. The Morgan fingerprint density at radius 1 is 0.912 bits per heavy atom. The number of aryl methyl sites for hydroxylation is 3. The number of β-amino-alcohol motifs (C(OH)–C–C–N with tert-alkyl or cyclic N) is 2. The third kappa shape index (κ3) is 5.25. The summed E-state index contributed by atoms with van der Waals surface area (Å²) in [6.07, 6.45) is 0.956. The zero-order valence-electron chi connectivity index (χ0n) is 21.0. The molecule has 0 unspecified atom stereocenters. The molecule has 0 amide bonds. The smallest absolute Gasteiger partial charge is 0.137 e. The SMILES string of the molecule is Cc1ccccc1N1CCC(O)(CN2CC[C@H](O)[C@@](O)(COc3c(C)ccc(C)c3C)C2)CC1. The monoisotopic (exact) mass is 468 g/mol. The van der Waals surface area contributed by atoms with E-state index in [2.05, 4.69) is 47.1 Å². The lowest BCUT2D eigenvalue weighted by Crippen LogP contribution is -2.62. The van der Waals surface area contributed by atoms with Gasteiger partial charge in [0.1, 0.15) is 18.0 Å². The van der Waals surface area contributed by atoms with Gasteiger partial charge in [0, 0.05) is 38.4 Å². The Bertz CT molecular complexity index is 1000. The van der Waals surface area contributed by atoms with E-state index in [0.29, 0.717) is 32.4 Å². The molecule has 6 heteroatoms. The van der Waals surface area contributed by atoms with Crippen molar-refractivity contribution < 1.29 is 20.1 Å². The number of hydrogen-bond donors (Lipinski definition) is 3. The summed E-state index contributed by atoms with van der Waals surface area (Å²) < 4.78 is 6.09. The highest BCUT2D eigenvalue weighted by Gasteiger charge is 2.44. The quantitative estimate of drug-likeness (QED) is 0.605. The van der Waals surface area contributed by atoms with E-state index in [1.807, 2.05) is 26.8 Å². The molecule has 0 bridgehead atoms. The molecule has 2 aliphatic rings. The topological polar surface area (TPSA) is 76.4 Å². The number of ether oxygens (including phenoxy) is 1. The number of aliphatic hydroxyl groups is 3. The third-order valence-electron chi connectivity index (χ3n) is 7.84. The Balaban J connectivity index is 1.37. The van der Waals surface area contributed by atoms with Crippen LogP contribution in [-0.2, 0) is 0 Å². The maximum atomic E-state index is 11.4. The Hall–Kier alpha value is -2.12. The molecule has 4 rings (SSSR count). The van der Waals surface area contributed by atoms with Crippen molar-refractivity contribution >= 4 is 5.69 Å². The second-order valence-corrected chi connectivity index (χ2v) is 10.6. The fourth-order valence-corrected chi connectivity index (χ4v) is 5.42. The molecule has 2 aliphatic heterocycles.